The number of fused-ring (bicyclic) bond motifs is 1. The molecule has 0 unspecified atom stereocenters. The number of hydrogen-bond donors (Lipinski definition) is 2. The molecular formula is C12H15N2. The summed E-state index contributed by atoms with van der Waals surface area (Å²) < 4.78 is 0. The predicted molar refractivity (Wildman–Crippen MR) is 60.2 cm³/mol. The van der Waals surface area contributed by atoms with Crippen LogP contribution in [0.25, 0.3) is 10.9 Å². The molecule has 1 aromatic heterocycles. The molecular weight excluding hydrogens is 172 g/mol. The van der Waals surface area contributed by atoms with Gasteiger partial charge in [0.2, 0.25) is 0 Å². The Balaban J connectivity index is 2.63. The summed E-state index contributed by atoms with van der Waals surface area (Å²) >= 11 is 0. The van der Waals surface area contributed by atoms with Gasteiger partial charge in [-0.3, -0.25) is 0 Å². The van der Waals surface area contributed by atoms with Crippen molar-refractivity contribution in [2.24, 2.45) is 0 Å². The van der Waals surface area contributed by atoms with Gasteiger partial charge >= 0.3 is 0 Å². The number of hydrogen-bond acceptors (Lipinski definition) is 1. The Morgan fingerprint density at radius 2 is 2.00 bits per heavy atom. The molecule has 0 amide bonds. The molecule has 2 nitrogen and oxygen atoms in total. The van der Waals surface area contributed by atoms with Gasteiger partial charge in [-0.05, 0) is 18.2 Å². The summed E-state index contributed by atoms with van der Waals surface area (Å²) in [7, 11) is 0. The van der Waals surface area contributed by atoms with Crippen LogP contribution in [-0.4, -0.2) is 4.98 Å². The molecule has 0 saturated heterocycles. The van der Waals surface area contributed by atoms with Crippen LogP contribution in [0, 0.1) is 6.07 Å². The van der Waals surface area contributed by atoms with E-state index in [2.05, 4.69) is 37.9 Å². The van der Waals surface area contributed by atoms with Crippen LogP contribution in [0.1, 0.15) is 26.5 Å². The Labute approximate surface area is 84.1 Å². The normalized spacial score (nSPS) is 12.2. The number of nitrogens with one attached hydrogen (secondary N) is 1. The van der Waals surface area contributed by atoms with Gasteiger partial charge in [0.05, 0.1) is 5.52 Å². The van der Waals surface area contributed by atoms with E-state index >= 15 is 0 Å². The van der Waals surface area contributed by atoms with Gasteiger partial charge in [0.25, 0.3) is 0 Å². The first-order valence-electron chi connectivity index (χ1n) is 4.77. The first-order chi connectivity index (χ1) is 6.47. The Hall–Kier alpha value is -1.44. The van der Waals surface area contributed by atoms with Crippen molar-refractivity contribution in [3.63, 3.8) is 0 Å². The molecule has 2 aromatic rings. The molecule has 0 aliphatic heterocycles. The SMILES string of the molecule is CC(C)(C)c1cc2cc(N)c[c]c2[nH]1. The molecule has 0 spiro atoms. The van der Waals surface area contributed by atoms with Gasteiger partial charge in [-0.2, -0.15) is 0 Å². The third-order valence-corrected chi connectivity index (χ3v) is 2.36. The van der Waals surface area contributed by atoms with Crippen molar-refractivity contribution in [1.82, 2.24) is 4.98 Å². The van der Waals surface area contributed by atoms with Crippen LogP contribution in [0.15, 0.2) is 18.2 Å². The minimum Gasteiger partial charge on any atom is -0.399 e. The highest BCUT2D eigenvalue weighted by molar-refractivity contribution is 5.83. The summed E-state index contributed by atoms with van der Waals surface area (Å²) in [6, 6.07) is 9.04. The lowest BCUT2D eigenvalue weighted by atomic mass is 9.92. The van der Waals surface area contributed by atoms with Crippen LogP contribution in [-0.2, 0) is 5.41 Å². The third-order valence-electron chi connectivity index (χ3n) is 2.36. The molecule has 73 valence electrons. The van der Waals surface area contributed by atoms with Crippen LogP contribution in [0.4, 0.5) is 5.69 Å². The minimum atomic E-state index is 0.140. The zero-order valence-electron chi connectivity index (χ0n) is 8.81. The second-order valence-electron chi connectivity index (χ2n) is 4.70. The zero-order valence-corrected chi connectivity index (χ0v) is 8.81. The molecule has 2 rings (SSSR count). The zero-order chi connectivity index (χ0) is 10.3. The van der Waals surface area contributed by atoms with Crippen molar-refractivity contribution in [1.29, 1.82) is 0 Å². The molecule has 0 atom stereocenters. The van der Waals surface area contributed by atoms with Crippen LogP contribution in [0.2, 0.25) is 0 Å². The molecule has 14 heavy (non-hydrogen) atoms. The van der Waals surface area contributed by atoms with Crippen molar-refractivity contribution >= 4 is 16.6 Å². The summed E-state index contributed by atoms with van der Waals surface area (Å²) in [5, 5.41) is 1.13. The van der Waals surface area contributed by atoms with Crippen molar-refractivity contribution in [3.05, 3.63) is 30.0 Å². The minimum absolute atomic E-state index is 0.140. The summed E-state index contributed by atoms with van der Waals surface area (Å²) in [6.45, 7) is 6.54. The maximum atomic E-state index is 5.70. The lowest BCUT2D eigenvalue weighted by Crippen LogP contribution is -2.10. The highest BCUT2D eigenvalue weighted by Gasteiger charge is 2.15. The van der Waals surface area contributed by atoms with Crippen molar-refractivity contribution in [2.45, 2.75) is 26.2 Å². The smallest absolute Gasteiger partial charge is 0.0538 e. The molecule has 2 heteroatoms. The molecule has 1 heterocycles. The summed E-state index contributed by atoms with van der Waals surface area (Å²) in [4.78, 5) is 3.35. The number of nitrogens with two attached hydrogens (primary N) is 1. The van der Waals surface area contributed by atoms with E-state index in [4.69, 9.17) is 5.73 Å². The van der Waals surface area contributed by atoms with Gasteiger partial charge in [-0.1, -0.05) is 20.8 Å². The van der Waals surface area contributed by atoms with Crippen molar-refractivity contribution in [3.8, 4) is 0 Å². The molecule has 0 fully saturated rings. The molecule has 0 saturated carbocycles. The van der Waals surface area contributed by atoms with Crippen molar-refractivity contribution in [2.75, 3.05) is 5.73 Å². The van der Waals surface area contributed by atoms with Crippen LogP contribution in [0.3, 0.4) is 0 Å². The van der Waals surface area contributed by atoms with Gasteiger partial charge in [0, 0.05) is 28.2 Å². The largest absolute Gasteiger partial charge is 0.399 e. The number of rotatable bonds is 0. The van der Waals surface area contributed by atoms with E-state index in [0.717, 1.165) is 16.6 Å². The summed E-state index contributed by atoms with van der Waals surface area (Å²) in [5.74, 6) is 0. The van der Waals surface area contributed by atoms with E-state index in [9.17, 15) is 0 Å². The standard InChI is InChI=1S/C12H15N2/c1-12(2,3)11-7-8-6-9(13)4-5-10(8)14-11/h4,6-7,14H,13H2,1-3H3. The number of H-pyrrole nitrogens is 1. The Morgan fingerprint density at radius 1 is 1.29 bits per heavy atom. The van der Waals surface area contributed by atoms with Crippen molar-refractivity contribution < 1.29 is 0 Å². The second-order valence-corrected chi connectivity index (χ2v) is 4.70. The lowest BCUT2D eigenvalue weighted by Gasteiger charge is -2.15. The maximum Gasteiger partial charge on any atom is 0.0538 e. The molecule has 0 aliphatic carbocycles. The van der Waals surface area contributed by atoms with E-state index in [0.29, 0.717) is 0 Å². The molecule has 0 aliphatic rings. The average molecular weight is 187 g/mol. The fourth-order valence-corrected chi connectivity index (χ4v) is 1.48. The van der Waals surface area contributed by atoms with E-state index < -0.39 is 0 Å². The first-order valence-corrected chi connectivity index (χ1v) is 4.77. The topological polar surface area (TPSA) is 41.8 Å². The number of aromatic amines is 1. The van der Waals surface area contributed by atoms with Crippen LogP contribution in [0.5, 0.6) is 0 Å². The van der Waals surface area contributed by atoms with Gasteiger partial charge < -0.3 is 10.7 Å². The number of benzene rings is 1. The average Bonchev–Trinajstić information content (AvgIpc) is 2.45. The number of nitrogen functional groups attached to an aromatic ring is 1. The number of aromatic nitrogens is 1. The Morgan fingerprint density at radius 3 is 2.64 bits per heavy atom. The Kier molecular flexibility index (Phi) is 1.81. The quantitative estimate of drug-likeness (QED) is 0.612. The first kappa shape index (κ1) is 9.13. The highest BCUT2D eigenvalue weighted by atomic mass is 14.7. The van der Waals surface area contributed by atoms with E-state index in [-0.39, 0.29) is 5.41 Å². The van der Waals surface area contributed by atoms with Gasteiger partial charge in [-0.15, -0.1) is 0 Å². The van der Waals surface area contributed by atoms with Gasteiger partial charge in [-0.25, -0.2) is 0 Å². The monoisotopic (exact) mass is 187 g/mol. The van der Waals surface area contributed by atoms with Crippen LogP contribution < -0.4 is 5.73 Å². The van der Waals surface area contributed by atoms with Crippen LogP contribution >= 0.6 is 0 Å². The molecule has 0 bridgehead atoms. The second kappa shape index (κ2) is 2.77. The van der Waals surface area contributed by atoms with E-state index in [1.54, 1.807) is 6.07 Å². The third kappa shape index (κ3) is 1.48. The summed E-state index contributed by atoms with van der Waals surface area (Å²) in [6.07, 6.45) is 0. The summed E-state index contributed by atoms with van der Waals surface area (Å²) in [5.41, 5.74) is 8.85. The van der Waals surface area contributed by atoms with E-state index in [1.807, 2.05) is 6.07 Å². The molecule has 1 radical (unpaired) electrons. The molecule has 3 N–H and O–H groups in total. The van der Waals surface area contributed by atoms with Gasteiger partial charge in [0.1, 0.15) is 0 Å². The van der Waals surface area contributed by atoms with Gasteiger partial charge in [0.15, 0.2) is 0 Å². The fourth-order valence-electron chi connectivity index (χ4n) is 1.48. The Bertz CT molecular complexity index is 461. The fraction of sp³-hybridized carbons (Fsp3) is 0.333. The maximum absolute atomic E-state index is 5.70. The molecule has 1 aromatic carbocycles. The number of anilines is 1. The lowest BCUT2D eigenvalue weighted by molar-refractivity contribution is 0.574. The highest BCUT2D eigenvalue weighted by Crippen LogP contribution is 2.26. The predicted octanol–water partition coefficient (Wildman–Crippen LogP) is 2.85. The van der Waals surface area contributed by atoms with E-state index in [1.165, 1.54) is 5.69 Å².